The van der Waals surface area contributed by atoms with E-state index in [0.717, 1.165) is 19.3 Å². The Labute approximate surface area is 246 Å². The van der Waals surface area contributed by atoms with Gasteiger partial charge in [-0.15, -0.1) is 16.4 Å². The minimum absolute atomic E-state index is 0.0679. The number of sulfonamides is 1. The molecule has 0 bridgehead atoms. The van der Waals surface area contributed by atoms with Crippen molar-refractivity contribution >= 4 is 45.0 Å². The number of carboxylic acids is 1. The molecule has 224 valence electrons. The lowest BCUT2D eigenvalue weighted by Crippen LogP contribution is -2.51. The average molecular weight is 618 g/mol. The Kier molecular flexibility index (Phi) is 8.41. The van der Waals surface area contributed by atoms with E-state index in [2.05, 4.69) is 20.6 Å². The number of carbonyl (C=O) groups excluding carboxylic acids is 2. The molecule has 0 unspecified atom stereocenters. The first-order chi connectivity index (χ1) is 20.1. The van der Waals surface area contributed by atoms with Crippen LogP contribution >= 0.6 is 11.3 Å². The Morgan fingerprint density at radius 1 is 1.21 bits per heavy atom. The predicted octanol–water partition coefficient (Wildman–Crippen LogP) is 1.22. The lowest BCUT2D eigenvalue weighted by molar-refractivity contribution is -0.143. The number of aromatic nitrogens is 4. The van der Waals surface area contributed by atoms with E-state index in [-0.39, 0.29) is 23.6 Å². The largest absolute Gasteiger partial charge is 0.479 e. The predicted molar refractivity (Wildman–Crippen MR) is 151 cm³/mol. The van der Waals surface area contributed by atoms with E-state index in [9.17, 15) is 27.9 Å². The first kappa shape index (κ1) is 29.8. The van der Waals surface area contributed by atoms with Gasteiger partial charge >= 0.3 is 5.97 Å². The molecule has 2 aliphatic rings. The zero-order chi connectivity index (χ0) is 30.1. The molecule has 0 aliphatic carbocycles. The summed E-state index contributed by atoms with van der Waals surface area (Å²) >= 11 is 1.34. The Morgan fingerprint density at radius 2 is 1.93 bits per heavy atom. The summed E-state index contributed by atoms with van der Waals surface area (Å²) in [6.07, 6.45) is 3.17. The van der Waals surface area contributed by atoms with Crippen LogP contribution in [0.3, 0.4) is 0 Å². The highest BCUT2D eigenvalue weighted by molar-refractivity contribution is 7.89. The van der Waals surface area contributed by atoms with Gasteiger partial charge in [0, 0.05) is 31.9 Å². The van der Waals surface area contributed by atoms with Crippen molar-refractivity contribution < 1.29 is 32.6 Å². The van der Waals surface area contributed by atoms with Gasteiger partial charge in [0.25, 0.3) is 11.8 Å². The minimum atomic E-state index is -3.58. The molecule has 2 aliphatic heterocycles. The molecule has 42 heavy (non-hydrogen) atoms. The second-order valence-electron chi connectivity index (χ2n) is 10.2. The molecule has 2 saturated heterocycles. The van der Waals surface area contributed by atoms with E-state index in [4.69, 9.17) is 4.74 Å². The van der Waals surface area contributed by atoms with Gasteiger partial charge in [0.05, 0.1) is 28.0 Å². The summed E-state index contributed by atoms with van der Waals surface area (Å²) in [7, 11) is -2.10. The van der Waals surface area contributed by atoms with Crippen molar-refractivity contribution in [2.75, 3.05) is 25.0 Å². The van der Waals surface area contributed by atoms with Crippen molar-refractivity contribution in [2.24, 2.45) is 0 Å². The maximum absolute atomic E-state index is 13.5. The van der Waals surface area contributed by atoms with Gasteiger partial charge in [-0.1, -0.05) is 18.6 Å². The molecule has 2 fully saturated rings. The zero-order valence-corrected chi connectivity index (χ0v) is 24.7. The number of nitrogens with zero attached hydrogens (tertiary/aromatic N) is 6. The summed E-state index contributed by atoms with van der Waals surface area (Å²) in [5.41, 5.74) is 1.12. The molecule has 3 aromatic rings. The van der Waals surface area contributed by atoms with Gasteiger partial charge in [-0.3, -0.25) is 14.5 Å². The number of aliphatic carboxylic acids is 1. The van der Waals surface area contributed by atoms with Gasteiger partial charge in [-0.2, -0.15) is 4.31 Å². The quantitative estimate of drug-likeness (QED) is 0.297. The molecule has 2 amide bonds. The summed E-state index contributed by atoms with van der Waals surface area (Å²) in [6, 6.07) is 5.17. The number of likely N-dealkylation sites (N-methyl/N-ethyl adjacent to an activating group) is 1. The minimum Gasteiger partial charge on any atom is -0.479 e. The SMILES string of the molecule is CC[C@]1(C(=O)O)O[C@@H]1C(=O)N[C@@H](Cc1cscn1)C(=O)N(C)c1cn(-c2ccc(S(=O)(=O)N3CCCCC3)cc2)nn1. The van der Waals surface area contributed by atoms with Gasteiger partial charge in [-0.05, 0) is 43.5 Å². The number of hydrogen-bond donors (Lipinski definition) is 2. The molecule has 5 rings (SSSR count). The van der Waals surface area contributed by atoms with E-state index >= 15 is 0 Å². The van der Waals surface area contributed by atoms with Crippen LogP contribution in [0.25, 0.3) is 5.69 Å². The van der Waals surface area contributed by atoms with Crippen LogP contribution in [0.4, 0.5) is 5.82 Å². The van der Waals surface area contributed by atoms with E-state index in [1.807, 2.05) is 0 Å². The number of epoxide rings is 1. The molecule has 2 aromatic heterocycles. The molecule has 2 N–H and O–H groups in total. The molecule has 1 aromatic carbocycles. The van der Waals surface area contributed by atoms with Gasteiger partial charge < -0.3 is 15.2 Å². The number of thiazole rings is 1. The van der Waals surface area contributed by atoms with Crippen molar-refractivity contribution in [3.63, 3.8) is 0 Å². The summed E-state index contributed by atoms with van der Waals surface area (Å²) < 4.78 is 34.1. The maximum Gasteiger partial charge on any atom is 0.339 e. The number of rotatable bonds is 11. The Hall–Kier alpha value is -3.73. The molecular formula is C26H31N7O7S2. The van der Waals surface area contributed by atoms with E-state index in [1.54, 1.807) is 29.9 Å². The molecule has 16 heteroatoms. The molecule has 14 nitrogen and oxygen atoms in total. The fourth-order valence-corrected chi connectivity index (χ4v) is 7.01. The lowest BCUT2D eigenvalue weighted by Gasteiger charge is -2.25. The highest BCUT2D eigenvalue weighted by atomic mass is 32.2. The third-order valence-corrected chi connectivity index (χ3v) is 10.1. The van der Waals surface area contributed by atoms with Gasteiger partial charge in [0.2, 0.25) is 15.6 Å². The highest BCUT2D eigenvalue weighted by Gasteiger charge is 2.65. The van der Waals surface area contributed by atoms with Gasteiger partial charge in [-0.25, -0.2) is 22.9 Å². The molecule has 3 atom stereocenters. The van der Waals surface area contributed by atoms with Gasteiger partial charge in [0.1, 0.15) is 6.04 Å². The lowest BCUT2D eigenvalue weighted by atomic mass is 10.0. The van der Waals surface area contributed by atoms with Crippen LogP contribution in [0.5, 0.6) is 0 Å². The number of hydrogen-bond acceptors (Lipinski definition) is 10. The zero-order valence-electron chi connectivity index (χ0n) is 23.0. The van der Waals surface area contributed by atoms with Crippen LogP contribution in [0.1, 0.15) is 38.3 Å². The van der Waals surface area contributed by atoms with Gasteiger partial charge in [0.15, 0.2) is 11.9 Å². The van der Waals surface area contributed by atoms with E-state index in [0.29, 0.717) is 24.5 Å². The van der Waals surface area contributed by atoms with Crippen molar-refractivity contribution in [1.82, 2.24) is 29.6 Å². The Bertz CT molecular complexity index is 1550. The van der Waals surface area contributed by atoms with Crippen LogP contribution in [0.15, 0.2) is 46.2 Å². The first-order valence-electron chi connectivity index (χ1n) is 13.5. The molecular weight excluding hydrogens is 586 g/mol. The fourth-order valence-electron chi connectivity index (χ4n) is 4.93. The van der Waals surface area contributed by atoms with Crippen molar-refractivity contribution in [2.45, 2.75) is 61.7 Å². The van der Waals surface area contributed by atoms with Crippen LogP contribution < -0.4 is 10.2 Å². The molecule has 0 saturated carbocycles. The van der Waals surface area contributed by atoms with Crippen LogP contribution in [-0.4, -0.2) is 93.5 Å². The number of anilines is 1. The molecule has 0 spiro atoms. The van der Waals surface area contributed by atoms with Crippen LogP contribution in [0.2, 0.25) is 0 Å². The van der Waals surface area contributed by atoms with E-state index in [1.165, 1.54) is 50.6 Å². The maximum atomic E-state index is 13.5. The number of benzene rings is 1. The smallest absolute Gasteiger partial charge is 0.339 e. The summed E-state index contributed by atoms with van der Waals surface area (Å²) in [5, 5.41) is 22.0. The number of amides is 2. The number of piperidine rings is 1. The van der Waals surface area contributed by atoms with E-state index < -0.39 is 45.6 Å². The normalized spacial score (nSPS) is 21.4. The fraction of sp³-hybridized carbons (Fsp3) is 0.462. The standard InChI is InChI=1S/C26H31N7O7S2/c1-3-26(25(36)37)22(40-26)23(34)28-20(13-17-15-41-16-27-17)24(35)31(2)21-14-33(30-29-21)18-7-9-19(10-8-18)42(38,39)32-11-5-4-6-12-32/h7-10,14-16,20,22H,3-6,11-13H2,1-2H3,(H,28,34)(H,36,37)/t20-,22+,26-/m0/s1. The first-order valence-corrected chi connectivity index (χ1v) is 15.8. The highest BCUT2D eigenvalue weighted by Crippen LogP contribution is 2.40. The average Bonchev–Trinajstić information content (AvgIpc) is 3.28. The number of carboxylic acid groups (broad SMARTS) is 1. The molecule has 0 radical (unpaired) electrons. The summed E-state index contributed by atoms with van der Waals surface area (Å²) in [5.74, 6) is -2.29. The third-order valence-electron chi connectivity index (χ3n) is 7.54. The summed E-state index contributed by atoms with van der Waals surface area (Å²) in [4.78, 5) is 43.7. The summed E-state index contributed by atoms with van der Waals surface area (Å²) in [6.45, 7) is 2.62. The van der Waals surface area contributed by atoms with Crippen LogP contribution in [0, 0.1) is 0 Å². The topological polar surface area (TPSA) is 180 Å². The Balaban J connectivity index is 1.30. The van der Waals surface area contributed by atoms with Crippen LogP contribution in [-0.2, 0) is 35.6 Å². The monoisotopic (exact) mass is 617 g/mol. The van der Waals surface area contributed by atoms with Crippen molar-refractivity contribution in [1.29, 1.82) is 0 Å². The van der Waals surface area contributed by atoms with Crippen molar-refractivity contribution in [3.05, 3.63) is 47.0 Å². The number of ether oxygens (including phenoxy) is 1. The Morgan fingerprint density at radius 3 is 2.52 bits per heavy atom. The second-order valence-corrected chi connectivity index (χ2v) is 12.8. The molecule has 4 heterocycles. The number of carbonyl (C=O) groups is 3. The second kappa shape index (κ2) is 11.9. The number of nitrogens with one attached hydrogen (secondary N) is 1. The third kappa shape index (κ3) is 5.79. The van der Waals surface area contributed by atoms with Crippen molar-refractivity contribution in [3.8, 4) is 5.69 Å².